The summed E-state index contributed by atoms with van der Waals surface area (Å²) in [5.74, 6) is 0.0305. The van der Waals surface area contributed by atoms with Gasteiger partial charge in [0, 0.05) is 19.1 Å². The summed E-state index contributed by atoms with van der Waals surface area (Å²) in [5.41, 5.74) is 6.86. The number of nitrogens with two attached hydrogens (primary N) is 1. The Morgan fingerprint density at radius 3 is 2.59 bits per heavy atom. The highest BCUT2D eigenvalue weighted by atomic mass is 16.2. The summed E-state index contributed by atoms with van der Waals surface area (Å²) in [6.07, 6.45) is 4.72. The quantitative estimate of drug-likeness (QED) is 0.812. The van der Waals surface area contributed by atoms with Crippen LogP contribution in [0.2, 0.25) is 0 Å². The van der Waals surface area contributed by atoms with Crippen LogP contribution in [-0.4, -0.2) is 36.0 Å². The standard InChI is InChI=1S/C18H29N3O/c1-15(21(2)14-16-8-4-3-5-9-16)10-13-20-17(22)18(19)11-6-7-12-18/h3-5,8-9,15H,6-7,10-14,19H2,1-2H3,(H,20,22). The molecular formula is C18H29N3O. The second-order valence-electron chi connectivity index (χ2n) is 6.66. The van der Waals surface area contributed by atoms with E-state index in [4.69, 9.17) is 5.73 Å². The van der Waals surface area contributed by atoms with Crippen LogP contribution < -0.4 is 11.1 Å². The van der Waals surface area contributed by atoms with Crippen LogP contribution in [-0.2, 0) is 11.3 Å². The Morgan fingerprint density at radius 1 is 1.32 bits per heavy atom. The molecule has 0 spiro atoms. The van der Waals surface area contributed by atoms with Gasteiger partial charge in [-0.3, -0.25) is 9.69 Å². The van der Waals surface area contributed by atoms with Gasteiger partial charge < -0.3 is 11.1 Å². The van der Waals surface area contributed by atoms with E-state index in [1.54, 1.807) is 0 Å². The number of nitrogens with one attached hydrogen (secondary N) is 1. The van der Waals surface area contributed by atoms with Gasteiger partial charge in [-0.05, 0) is 38.8 Å². The molecule has 1 amide bonds. The molecule has 1 aromatic rings. The maximum atomic E-state index is 12.2. The molecule has 0 aliphatic heterocycles. The van der Waals surface area contributed by atoms with Crippen LogP contribution >= 0.6 is 0 Å². The van der Waals surface area contributed by atoms with Crippen molar-refractivity contribution in [3.8, 4) is 0 Å². The van der Waals surface area contributed by atoms with Crippen molar-refractivity contribution < 1.29 is 4.79 Å². The van der Waals surface area contributed by atoms with Crippen LogP contribution in [0, 0.1) is 0 Å². The summed E-state index contributed by atoms with van der Waals surface area (Å²) in [6.45, 7) is 3.82. The Balaban J connectivity index is 1.71. The number of nitrogens with zero attached hydrogens (tertiary/aromatic N) is 1. The van der Waals surface area contributed by atoms with Gasteiger partial charge in [-0.2, -0.15) is 0 Å². The van der Waals surface area contributed by atoms with E-state index in [9.17, 15) is 4.79 Å². The highest BCUT2D eigenvalue weighted by Gasteiger charge is 2.36. The Hall–Kier alpha value is -1.39. The molecule has 1 unspecified atom stereocenters. The minimum absolute atomic E-state index is 0.0305. The molecule has 1 aliphatic carbocycles. The lowest BCUT2D eigenvalue weighted by molar-refractivity contribution is -0.126. The second-order valence-corrected chi connectivity index (χ2v) is 6.66. The molecule has 0 aromatic heterocycles. The number of benzene rings is 1. The van der Waals surface area contributed by atoms with E-state index in [-0.39, 0.29) is 5.91 Å². The van der Waals surface area contributed by atoms with E-state index in [0.717, 1.165) is 38.6 Å². The summed E-state index contributed by atoms with van der Waals surface area (Å²) < 4.78 is 0. The molecule has 22 heavy (non-hydrogen) atoms. The van der Waals surface area contributed by atoms with Crippen LogP contribution in [0.25, 0.3) is 0 Å². The minimum Gasteiger partial charge on any atom is -0.354 e. The Kier molecular flexibility index (Phi) is 5.98. The largest absolute Gasteiger partial charge is 0.354 e. The molecule has 1 aliphatic rings. The van der Waals surface area contributed by atoms with E-state index in [2.05, 4.69) is 48.5 Å². The zero-order valence-corrected chi connectivity index (χ0v) is 13.8. The van der Waals surface area contributed by atoms with E-state index in [1.807, 2.05) is 6.07 Å². The smallest absolute Gasteiger partial charge is 0.240 e. The zero-order chi connectivity index (χ0) is 16.0. The average Bonchev–Trinajstić information content (AvgIpc) is 2.96. The van der Waals surface area contributed by atoms with Gasteiger partial charge in [0.05, 0.1) is 5.54 Å². The Morgan fingerprint density at radius 2 is 1.95 bits per heavy atom. The molecule has 122 valence electrons. The van der Waals surface area contributed by atoms with Crippen LogP contribution in [0.3, 0.4) is 0 Å². The third-order valence-corrected chi connectivity index (χ3v) is 4.82. The maximum absolute atomic E-state index is 12.2. The summed E-state index contributed by atoms with van der Waals surface area (Å²) in [7, 11) is 2.13. The van der Waals surface area contributed by atoms with E-state index in [0.29, 0.717) is 12.6 Å². The first-order valence-electron chi connectivity index (χ1n) is 8.32. The molecule has 2 rings (SSSR count). The first-order valence-corrected chi connectivity index (χ1v) is 8.32. The van der Waals surface area contributed by atoms with Gasteiger partial charge in [0.1, 0.15) is 0 Å². The van der Waals surface area contributed by atoms with Gasteiger partial charge >= 0.3 is 0 Å². The Bertz CT molecular complexity index is 468. The number of rotatable bonds is 7. The van der Waals surface area contributed by atoms with Crippen molar-refractivity contribution in [1.82, 2.24) is 10.2 Å². The van der Waals surface area contributed by atoms with Gasteiger partial charge in [-0.1, -0.05) is 43.2 Å². The number of amides is 1. The van der Waals surface area contributed by atoms with Crippen LogP contribution in [0.4, 0.5) is 0 Å². The fourth-order valence-electron chi connectivity index (χ4n) is 3.05. The van der Waals surface area contributed by atoms with Crippen molar-refractivity contribution in [2.45, 2.75) is 57.2 Å². The zero-order valence-electron chi connectivity index (χ0n) is 13.8. The van der Waals surface area contributed by atoms with E-state index in [1.165, 1.54) is 5.56 Å². The monoisotopic (exact) mass is 303 g/mol. The maximum Gasteiger partial charge on any atom is 0.240 e. The third-order valence-electron chi connectivity index (χ3n) is 4.82. The second kappa shape index (κ2) is 7.75. The molecule has 1 fully saturated rings. The molecule has 1 aromatic carbocycles. The summed E-state index contributed by atoms with van der Waals surface area (Å²) in [4.78, 5) is 14.5. The molecule has 0 saturated heterocycles. The average molecular weight is 303 g/mol. The van der Waals surface area contributed by atoms with Crippen molar-refractivity contribution in [3.63, 3.8) is 0 Å². The summed E-state index contributed by atoms with van der Waals surface area (Å²) >= 11 is 0. The first-order chi connectivity index (χ1) is 10.5. The Labute approximate surface area is 134 Å². The van der Waals surface area contributed by atoms with E-state index < -0.39 is 5.54 Å². The topological polar surface area (TPSA) is 58.4 Å². The van der Waals surface area contributed by atoms with Crippen LogP contribution in [0.15, 0.2) is 30.3 Å². The number of carbonyl (C=O) groups is 1. The highest BCUT2D eigenvalue weighted by Crippen LogP contribution is 2.27. The van der Waals surface area contributed by atoms with Gasteiger partial charge in [0.25, 0.3) is 0 Å². The fraction of sp³-hybridized carbons (Fsp3) is 0.611. The normalized spacial score (nSPS) is 18.4. The van der Waals surface area contributed by atoms with Gasteiger partial charge in [0.15, 0.2) is 0 Å². The molecular weight excluding hydrogens is 274 g/mol. The molecule has 1 saturated carbocycles. The van der Waals surface area contributed by atoms with Gasteiger partial charge in [-0.15, -0.1) is 0 Å². The lowest BCUT2D eigenvalue weighted by Gasteiger charge is -2.26. The third kappa shape index (κ3) is 4.55. The number of hydrogen-bond donors (Lipinski definition) is 2. The van der Waals surface area contributed by atoms with Gasteiger partial charge in [-0.25, -0.2) is 0 Å². The fourth-order valence-corrected chi connectivity index (χ4v) is 3.05. The van der Waals surface area contributed by atoms with Crippen molar-refractivity contribution in [2.75, 3.05) is 13.6 Å². The molecule has 1 atom stereocenters. The lowest BCUT2D eigenvalue weighted by Crippen LogP contribution is -2.52. The molecule has 0 radical (unpaired) electrons. The summed E-state index contributed by atoms with van der Waals surface area (Å²) in [6, 6.07) is 10.9. The first kappa shape index (κ1) is 17.0. The summed E-state index contributed by atoms with van der Waals surface area (Å²) in [5, 5.41) is 3.02. The highest BCUT2D eigenvalue weighted by molar-refractivity contribution is 5.86. The predicted octanol–water partition coefficient (Wildman–Crippen LogP) is 2.28. The van der Waals surface area contributed by atoms with Crippen molar-refractivity contribution in [3.05, 3.63) is 35.9 Å². The minimum atomic E-state index is -0.612. The number of hydrogen-bond acceptors (Lipinski definition) is 3. The van der Waals surface area contributed by atoms with Crippen molar-refractivity contribution in [2.24, 2.45) is 5.73 Å². The molecule has 3 N–H and O–H groups in total. The van der Waals surface area contributed by atoms with Crippen LogP contribution in [0.1, 0.15) is 44.6 Å². The van der Waals surface area contributed by atoms with E-state index >= 15 is 0 Å². The van der Waals surface area contributed by atoms with Crippen LogP contribution in [0.5, 0.6) is 0 Å². The molecule has 0 bridgehead atoms. The van der Waals surface area contributed by atoms with Gasteiger partial charge in [0.2, 0.25) is 5.91 Å². The SMILES string of the molecule is CC(CCNC(=O)C1(N)CCCC1)N(C)Cc1ccccc1. The predicted molar refractivity (Wildman–Crippen MR) is 90.4 cm³/mol. The molecule has 0 heterocycles. The van der Waals surface area contributed by atoms with Crippen molar-refractivity contribution >= 4 is 5.91 Å². The van der Waals surface area contributed by atoms with Crippen molar-refractivity contribution in [1.29, 1.82) is 0 Å². The number of carbonyl (C=O) groups excluding carboxylic acids is 1. The lowest BCUT2D eigenvalue weighted by atomic mass is 9.98. The molecule has 4 nitrogen and oxygen atoms in total. The molecule has 4 heteroatoms.